The minimum Gasteiger partial charge on any atom is -0.336 e. The fourth-order valence-corrected chi connectivity index (χ4v) is 4.23. The van der Waals surface area contributed by atoms with E-state index in [2.05, 4.69) is 4.72 Å². The number of hydrogen-bond acceptors (Lipinski definition) is 4. The number of nitrogens with one attached hydrogen (secondary N) is 1. The molecule has 3 N–H and O–H groups in total. The Bertz CT molecular complexity index is 679. The predicted molar refractivity (Wildman–Crippen MR) is 96.8 cm³/mol. The van der Waals surface area contributed by atoms with Crippen LogP contribution in [0, 0.1) is 5.92 Å². The first-order valence-corrected chi connectivity index (χ1v) is 9.36. The summed E-state index contributed by atoms with van der Waals surface area (Å²) >= 11 is 0. The fourth-order valence-electron chi connectivity index (χ4n) is 2.94. The molecule has 24 heavy (non-hydrogen) atoms. The summed E-state index contributed by atoms with van der Waals surface area (Å²) in [5.74, 6) is 0.165. The number of nitrogens with two attached hydrogens (primary N) is 1. The summed E-state index contributed by atoms with van der Waals surface area (Å²) in [6.45, 7) is 6.68. The first-order chi connectivity index (χ1) is 10.7. The Morgan fingerprint density at radius 2 is 2.08 bits per heavy atom. The van der Waals surface area contributed by atoms with Gasteiger partial charge in [-0.15, -0.1) is 12.4 Å². The van der Waals surface area contributed by atoms with Crippen LogP contribution in [0.3, 0.4) is 0 Å². The van der Waals surface area contributed by atoms with E-state index in [9.17, 15) is 13.2 Å². The van der Waals surface area contributed by atoms with Gasteiger partial charge in [0.2, 0.25) is 10.0 Å². The van der Waals surface area contributed by atoms with Crippen LogP contribution in [0.25, 0.3) is 0 Å². The van der Waals surface area contributed by atoms with Gasteiger partial charge >= 0.3 is 0 Å². The van der Waals surface area contributed by atoms with Gasteiger partial charge in [-0.25, -0.2) is 13.1 Å². The van der Waals surface area contributed by atoms with Crippen LogP contribution < -0.4 is 10.5 Å². The smallest absolute Gasteiger partial charge is 0.254 e. The van der Waals surface area contributed by atoms with E-state index in [1.165, 1.54) is 12.1 Å². The van der Waals surface area contributed by atoms with Crippen LogP contribution in [0.5, 0.6) is 0 Å². The molecule has 8 heteroatoms. The molecule has 0 spiro atoms. The molecule has 0 aliphatic carbocycles. The average Bonchev–Trinajstić information content (AvgIpc) is 2.86. The number of carbonyl (C=O) groups is 1. The fraction of sp³-hybridized carbons (Fsp3) is 0.562. The number of halogens is 1. The standard InChI is InChI=1S/C16H25N3O3S.ClH/c1-11(2)18-23(21,22)15-6-4-5-14(8-15)16(20)19-10-13(9-17)7-12(19)3;/h4-6,8,11-13,18H,7,9-10,17H2,1-3H3;1H. The summed E-state index contributed by atoms with van der Waals surface area (Å²) in [5, 5.41) is 0. The lowest BCUT2D eigenvalue weighted by Crippen LogP contribution is -2.35. The first-order valence-electron chi connectivity index (χ1n) is 7.88. The number of carbonyl (C=O) groups excluding carboxylic acids is 1. The van der Waals surface area contributed by atoms with Crippen molar-refractivity contribution in [3.05, 3.63) is 29.8 Å². The zero-order valence-electron chi connectivity index (χ0n) is 14.2. The molecule has 2 atom stereocenters. The summed E-state index contributed by atoms with van der Waals surface area (Å²) < 4.78 is 27.0. The normalized spacial score (nSPS) is 21.0. The van der Waals surface area contributed by atoms with Gasteiger partial charge in [0.25, 0.3) is 5.91 Å². The first kappa shape index (κ1) is 20.9. The molecule has 1 saturated heterocycles. The zero-order valence-corrected chi connectivity index (χ0v) is 15.9. The lowest BCUT2D eigenvalue weighted by Gasteiger charge is -2.22. The van der Waals surface area contributed by atoms with Gasteiger partial charge in [-0.1, -0.05) is 6.07 Å². The SMILES string of the molecule is CC(C)NS(=O)(=O)c1cccc(C(=O)N2CC(CN)CC2C)c1.Cl. The quantitative estimate of drug-likeness (QED) is 0.817. The van der Waals surface area contributed by atoms with Gasteiger partial charge in [-0.2, -0.15) is 0 Å². The molecule has 136 valence electrons. The zero-order chi connectivity index (χ0) is 17.2. The molecule has 6 nitrogen and oxygen atoms in total. The van der Waals surface area contributed by atoms with Crippen molar-refractivity contribution in [2.75, 3.05) is 13.1 Å². The lowest BCUT2D eigenvalue weighted by atomic mass is 10.1. The molecule has 1 heterocycles. The number of hydrogen-bond donors (Lipinski definition) is 2. The lowest BCUT2D eigenvalue weighted by molar-refractivity contribution is 0.0743. The third-order valence-electron chi connectivity index (χ3n) is 4.04. The highest BCUT2D eigenvalue weighted by Gasteiger charge is 2.32. The molecule has 1 aliphatic rings. The van der Waals surface area contributed by atoms with Crippen LogP contribution in [0.1, 0.15) is 37.6 Å². The maximum Gasteiger partial charge on any atom is 0.254 e. The molecule has 0 aromatic heterocycles. The summed E-state index contributed by atoms with van der Waals surface area (Å²) in [7, 11) is -3.61. The highest BCUT2D eigenvalue weighted by molar-refractivity contribution is 7.89. The molecule has 2 unspecified atom stereocenters. The van der Waals surface area contributed by atoms with Crippen LogP contribution in [0.4, 0.5) is 0 Å². The molecule has 1 aromatic carbocycles. The van der Waals surface area contributed by atoms with Crippen molar-refractivity contribution < 1.29 is 13.2 Å². The van der Waals surface area contributed by atoms with Crippen LogP contribution in [0.2, 0.25) is 0 Å². The molecule has 1 amide bonds. The monoisotopic (exact) mass is 375 g/mol. The second kappa shape index (κ2) is 8.29. The molecule has 2 rings (SSSR count). The second-order valence-corrected chi connectivity index (χ2v) is 8.16. The van der Waals surface area contributed by atoms with Gasteiger partial charge < -0.3 is 10.6 Å². The number of rotatable bonds is 5. The van der Waals surface area contributed by atoms with Crippen molar-refractivity contribution in [2.24, 2.45) is 11.7 Å². The van der Waals surface area contributed by atoms with E-state index in [4.69, 9.17) is 5.73 Å². The van der Waals surface area contributed by atoms with Gasteiger partial charge in [0, 0.05) is 24.2 Å². The third kappa shape index (κ3) is 4.69. The Morgan fingerprint density at radius 3 is 2.62 bits per heavy atom. The average molecular weight is 376 g/mol. The maximum atomic E-state index is 12.7. The van der Waals surface area contributed by atoms with E-state index in [0.29, 0.717) is 24.6 Å². The largest absolute Gasteiger partial charge is 0.336 e. The van der Waals surface area contributed by atoms with Crippen molar-refractivity contribution in [3.63, 3.8) is 0 Å². The molecule has 1 fully saturated rings. The van der Waals surface area contributed by atoms with Crippen molar-refractivity contribution in [1.29, 1.82) is 0 Å². The van der Waals surface area contributed by atoms with E-state index in [0.717, 1.165) is 6.42 Å². The molecule has 1 aliphatic heterocycles. The molecular formula is C16H26ClN3O3S. The summed E-state index contributed by atoms with van der Waals surface area (Å²) in [4.78, 5) is 14.6. The van der Waals surface area contributed by atoms with Crippen molar-refractivity contribution >= 4 is 28.3 Å². The maximum absolute atomic E-state index is 12.7. The van der Waals surface area contributed by atoms with Crippen molar-refractivity contribution in [3.8, 4) is 0 Å². The van der Waals surface area contributed by atoms with Gasteiger partial charge in [-0.3, -0.25) is 4.79 Å². The van der Waals surface area contributed by atoms with Crippen molar-refractivity contribution in [2.45, 2.75) is 44.2 Å². The molecule has 0 radical (unpaired) electrons. The van der Waals surface area contributed by atoms with Crippen LogP contribution in [0.15, 0.2) is 29.2 Å². The molecule has 1 aromatic rings. The molecule has 0 bridgehead atoms. The summed E-state index contributed by atoms with van der Waals surface area (Å²) in [6, 6.07) is 6.10. The highest BCUT2D eigenvalue weighted by atomic mass is 35.5. The van der Waals surface area contributed by atoms with Crippen LogP contribution >= 0.6 is 12.4 Å². The van der Waals surface area contributed by atoms with Crippen LogP contribution in [-0.4, -0.2) is 44.4 Å². The highest BCUT2D eigenvalue weighted by Crippen LogP contribution is 2.24. The minimum atomic E-state index is -3.61. The Hall–Kier alpha value is -1.15. The van der Waals surface area contributed by atoms with Crippen LogP contribution in [-0.2, 0) is 10.0 Å². The molecule has 0 saturated carbocycles. The number of sulfonamides is 1. The van der Waals surface area contributed by atoms with E-state index >= 15 is 0 Å². The Balaban J connectivity index is 0.00000288. The van der Waals surface area contributed by atoms with E-state index < -0.39 is 10.0 Å². The van der Waals surface area contributed by atoms with Crippen molar-refractivity contribution in [1.82, 2.24) is 9.62 Å². The van der Waals surface area contributed by atoms with E-state index in [1.54, 1.807) is 30.9 Å². The Morgan fingerprint density at radius 1 is 1.42 bits per heavy atom. The predicted octanol–water partition coefficient (Wildman–Crippen LogP) is 1.60. The summed E-state index contributed by atoms with van der Waals surface area (Å²) in [5.41, 5.74) is 6.09. The van der Waals surface area contributed by atoms with Gasteiger partial charge in [-0.05, 0) is 57.9 Å². The van der Waals surface area contributed by atoms with E-state index in [1.807, 2.05) is 6.92 Å². The number of likely N-dealkylation sites (tertiary alicyclic amines) is 1. The second-order valence-electron chi connectivity index (χ2n) is 6.45. The number of amides is 1. The van der Waals surface area contributed by atoms with Gasteiger partial charge in [0.15, 0.2) is 0 Å². The van der Waals surface area contributed by atoms with Gasteiger partial charge in [0.1, 0.15) is 0 Å². The topological polar surface area (TPSA) is 92.5 Å². The molecular weight excluding hydrogens is 350 g/mol. The van der Waals surface area contributed by atoms with E-state index in [-0.39, 0.29) is 35.3 Å². The third-order valence-corrected chi connectivity index (χ3v) is 5.69. The Kier molecular flexibility index (Phi) is 7.22. The number of nitrogens with zero attached hydrogens (tertiary/aromatic N) is 1. The Labute approximate surface area is 150 Å². The number of benzene rings is 1. The van der Waals surface area contributed by atoms with Gasteiger partial charge in [0.05, 0.1) is 4.90 Å². The minimum absolute atomic E-state index is 0. The summed E-state index contributed by atoms with van der Waals surface area (Å²) in [6.07, 6.45) is 0.884.